The molecule has 6 fully saturated rings. The van der Waals surface area contributed by atoms with Gasteiger partial charge in [-0.3, -0.25) is 29.1 Å². The molecule has 1 atom stereocenters. The van der Waals surface area contributed by atoms with Gasteiger partial charge in [-0.15, -0.1) is 0 Å². The first-order valence-corrected chi connectivity index (χ1v) is 26.0. The quantitative estimate of drug-likeness (QED) is 0.200. The highest BCUT2D eigenvalue weighted by Gasteiger charge is 2.51. The van der Waals surface area contributed by atoms with Gasteiger partial charge in [0.1, 0.15) is 17.6 Å². The second-order valence-corrected chi connectivity index (χ2v) is 22.5. The van der Waals surface area contributed by atoms with Gasteiger partial charge in [-0.05, 0) is 157 Å². The number of imide groups is 1. The smallest absolute Gasteiger partial charge is 0.282 e. The van der Waals surface area contributed by atoms with Crippen LogP contribution in [-0.2, 0) is 27.0 Å². The number of hydrogen-bond donors (Lipinski definition) is 1. The summed E-state index contributed by atoms with van der Waals surface area (Å²) in [4.78, 5) is 65.9. The molecule has 13 heteroatoms. The van der Waals surface area contributed by atoms with Gasteiger partial charge in [0.2, 0.25) is 11.8 Å². The molecule has 8 heterocycles. The van der Waals surface area contributed by atoms with Crippen LogP contribution in [0.25, 0.3) is 16.6 Å². The molecule has 1 aromatic heterocycles. The number of rotatable bonds is 6. The first-order chi connectivity index (χ1) is 32.6. The predicted octanol–water partition coefficient (Wildman–Crippen LogP) is 7.21. The Hall–Kier alpha value is -4.62. The molecule has 3 amide bonds. The number of aromatic nitrogens is 2. The number of amides is 3. The van der Waals surface area contributed by atoms with Crippen molar-refractivity contribution in [3.8, 4) is 11.4 Å². The lowest BCUT2D eigenvalue weighted by molar-refractivity contribution is -0.136. The van der Waals surface area contributed by atoms with Gasteiger partial charge in [0.25, 0.3) is 11.5 Å². The number of carbonyl (C=O) groups excluding carboxylic acids is 3. The average Bonchev–Trinajstić information content (AvgIpc) is 3.95. The lowest BCUT2D eigenvalue weighted by Crippen LogP contribution is -2.56. The summed E-state index contributed by atoms with van der Waals surface area (Å²) >= 11 is 6.65. The second kappa shape index (κ2) is 16.0. The standard InChI is InChI=1S/C54H62ClN7O5/c55-41-5-4-6-42-46(41)49(65)57-51-54(15-2-1-3-16-54)39-9-7-35(29-44(39)62(42)51)34-13-21-60(22-14-34)36-30-52(31-36)17-23-58(24-18-52)27-28-59-25-19-53(20-26-59)33-67-47-38-32-61(43-11-12-45(63)56-48(43)64)50(66)37(38)8-10-40(47)53/h4-10,29,34,36,43H,1-3,11-28,30-33H2,(H,56,63,64)/t43-/m0/s1. The Labute approximate surface area is 397 Å². The van der Waals surface area contributed by atoms with Gasteiger partial charge < -0.3 is 24.3 Å². The van der Waals surface area contributed by atoms with Crippen LogP contribution < -0.4 is 15.6 Å². The zero-order valence-corrected chi connectivity index (χ0v) is 39.4. The van der Waals surface area contributed by atoms with E-state index >= 15 is 0 Å². The highest BCUT2D eigenvalue weighted by molar-refractivity contribution is 6.35. The fourth-order valence-corrected chi connectivity index (χ4v) is 15.0. The molecule has 13 rings (SSSR count). The topological polar surface area (TPSA) is 120 Å². The Morgan fingerprint density at radius 2 is 1.52 bits per heavy atom. The van der Waals surface area contributed by atoms with Gasteiger partial charge in [-0.25, -0.2) is 0 Å². The van der Waals surface area contributed by atoms with E-state index in [4.69, 9.17) is 21.3 Å². The molecule has 2 saturated carbocycles. The van der Waals surface area contributed by atoms with E-state index in [0.717, 1.165) is 93.4 Å². The second-order valence-electron chi connectivity index (χ2n) is 22.1. The van der Waals surface area contributed by atoms with Crippen molar-refractivity contribution in [2.24, 2.45) is 5.41 Å². The van der Waals surface area contributed by atoms with E-state index in [1.165, 1.54) is 93.5 Å². The van der Waals surface area contributed by atoms with Crippen molar-refractivity contribution in [3.05, 3.63) is 97.5 Å². The Balaban J connectivity index is 0.588. The number of nitrogens with one attached hydrogen (secondary N) is 1. The summed E-state index contributed by atoms with van der Waals surface area (Å²) in [6, 6.07) is 17.2. The Morgan fingerprint density at radius 3 is 2.27 bits per heavy atom. The van der Waals surface area contributed by atoms with Crippen LogP contribution in [0.5, 0.6) is 5.75 Å². The maximum absolute atomic E-state index is 13.5. The maximum atomic E-state index is 13.5. The summed E-state index contributed by atoms with van der Waals surface area (Å²) in [6.45, 7) is 10.1. The molecule has 9 aliphatic rings. The van der Waals surface area contributed by atoms with Crippen LogP contribution in [0.1, 0.15) is 141 Å². The fourth-order valence-electron chi connectivity index (χ4n) is 14.8. The first kappa shape index (κ1) is 42.5. The number of nitrogens with zero attached hydrogens (tertiary/aromatic N) is 6. The molecule has 4 saturated heterocycles. The van der Waals surface area contributed by atoms with Crippen molar-refractivity contribution in [1.82, 2.24) is 34.5 Å². The van der Waals surface area contributed by atoms with Crippen LogP contribution >= 0.6 is 11.6 Å². The van der Waals surface area contributed by atoms with Crippen molar-refractivity contribution in [3.63, 3.8) is 0 Å². The summed E-state index contributed by atoms with van der Waals surface area (Å²) in [7, 11) is 0. The highest BCUT2D eigenvalue weighted by atomic mass is 35.5. The largest absolute Gasteiger partial charge is 0.492 e. The first-order valence-electron chi connectivity index (χ1n) is 25.6. The molecule has 3 aromatic carbocycles. The fraction of sp³-hybridized carbons (Fsp3) is 0.574. The van der Waals surface area contributed by atoms with Gasteiger partial charge in [0, 0.05) is 47.7 Å². The molecule has 67 heavy (non-hydrogen) atoms. The molecule has 4 aromatic rings. The van der Waals surface area contributed by atoms with Gasteiger partial charge in [0.05, 0.1) is 40.2 Å². The number of piperidine rings is 4. The molecular formula is C54H62ClN7O5. The van der Waals surface area contributed by atoms with Crippen LogP contribution in [0.15, 0.2) is 53.3 Å². The number of carbonyl (C=O) groups is 3. The van der Waals surface area contributed by atoms with E-state index in [0.29, 0.717) is 46.9 Å². The normalized spacial score (nSPS) is 25.9. The maximum Gasteiger partial charge on any atom is 0.282 e. The number of hydrogen-bond acceptors (Lipinski definition) is 9. The summed E-state index contributed by atoms with van der Waals surface area (Å²) in [5, 5.41) is 3.42. The summed E-state index contributed by atoms with van der Waals surface area (Å²) < 4.78 is 8.74. The molecular weight excluding hydrogens is 862 g/mol. The summed E-state index contributed by atoms with van der Waals surface area (Å²) in [5.41, 5.74) is 7.74. The molecule has 0 radical (unpaired) electrons. The van der Waals surface area contributed by atoms with Gasteiger partial charge in [-0.2, -0.15) is 4.98 Å². The van der Waals surface area contributed by atoms with Crippen molar-refractivity contribution >= 4 is 40.2 Å². The van der Waals surface area contributed by atoms with Gasteiger partial charge >= 0.3 is 0 Å². The number of ether oxygens (including phenoxy) is 1. The molecule has 7 aliphatic heterocycles. The van der Waals surface area contributed by atoms with E-state index in [9.17, 15) is 19.2 Å². The van der Waals surface area contributed by atoms with Crippen molar-refractivity contribution in [2.45, 2.75) is 132 Å². The Kier molecular flexibility index (Phi) is 10.1. The number of benzene rings is 3. The van der Waals surface area contributed by atoms with E-state index < -0.39 is 6.04 Å². The summed E-state index contributed by atoms with van der Waals surface area (Å²) in [6.07, 6.45) is 16.1. The molecule has 0 bridgehead atoms. The van der Waals surface area contributed by atoms with Crippen LogP contribution in [0, 0.1) is 5.41 Å². The Bertz CT molecular complexity index is 2770. The van der Waals surface area contributed by atoms with Crippen molar-refractivity contribution < 1.29 is 19.1 Å². The molecule has 3 spiro atoms. The predicted molar refractivity (Wildman–Crippen MR) is 256 cm³/mol. The Morgan fingerprint density at radius 1 is 0.791 bits per heavy atom. The highest BCUT2D eigenvalue weighted by Crippen LogP contribution is 2.55. The molecule has 1 N–H and O–H groups in total. The van der Waals surface area contributed by atoms with Gasteiger partial charge in [-0.1, -0.05) is 55.1 Å². The third kappa shape index (κ3) is 6.73. The minimum atomic E-state index is -0.618. The number of likely N-dealkylation sites (tertiary alicyclic amines) is 3. The minimum Gasteiger partial charge on any atom is -0.492 e. The third-order valence-electron chi connectivity index (χ3n) is 18.8. The summed E-state index contributed by atoms with van der Waals surface area (Å²) in [5.74, 6) is 1.52. The van der Waals surface area contributed by atoms with Crippen molar-refractivity contribution in [2.75, 3.05) is 59.0 Å². The molecule has 0 unspecified atom stereocenters. The average molecular weight is 925 g/mol. The SMILES string of the molecule is O=C1CC[C@H](N2Cc3c(ccc4c3OCC43CCN(CCN4CCC5(CC4)CC(N4CCC(c6ccc7c(c6)-n6c(nc(=O)c8c(Cl)cccc86)C76CCCCC6)CC4)C5)CC3)C2=O)C(=O)N1. The van der Waals surface area contributed by atoms with E-state index in [1.807, 2.05) is 18.2 Å². The number of fused-ring (bicyclic) bond motifs is 11. The minimum absolute atomic E-state index is 0.0287. The van der Waals surface area contributed by atoms with E-state index in [-0.39, 0.29) is 40.5 Å². The molecule has 12 nitrogen and oxygen atoms in total. The van der Waals surface area contributed by atoms with Crippen molar-refractivity contribution in [1.29, 1.82) is 0 Å². The lowest BCUT2D eigenvalue weighted by atomic mass is 9.59. The number of halogens is 1. The zero-order valence-electron chi connectivity index (χ0n) is 38.6. The molecule has 350 valence electrons. The van der Waals surface area contributed by atoms with Crippen LogP contribution in [0.3, 0.4) is 0 Å². The van der Waals surface area contributed by atoms with Crippen LogP contribution in [-0.4, -0.2) is 118 Å². The third-order valence-corrected chi connectivity index (χ3v) is 19.1. The lowest BCUT2D eigenvalue weighted by Gasteiger charge is -2.56. The van der Waals surface area contributed by atoms with E-state index in [1.54, 1.807) is 4.90 Å². The van der Waals surface area contributed by atoms with Crippen LogP contribution in [0.2, 0.25) is 5.02 Å². The monoisotopic (exact) mass is 923 g/mol. The van der Waals surface area contributed by atoms with Crippen LogP contribution in [0.4, 0.5) is 0 Å². The van der Waals surface area contributed by atoms with E-state index in [2.05, 4.69) is 54.9 Å². The zero-order chi connectivity index (χ0) is 45.2. The molecule has 2 aliphatic carbocycles. The van der Waals surface area contributed by atoms with Gasteiger partial charge in [0.15, 0.2) is 0 Å².